The van der Waals surface area contributed by atoms with Crippen LogP contribution in [0.3, 0.4) is 0 Å². The molecule has 3 rings (SSSR count). The minimum absolute atomic E-state index is 0.0253. The van der Waals surface area contributed by atoms with Gasteiger partial charge >= 0.3 is 12.1 Å². The molecule has 2 unspecified atom stereocenters. The third-order valence-electron chi connectivity index (χ3n) is 5.74. The highest BCUT2D eigenvalue weighted by molar-refractivity contribution is 7.89. The maximum Gasteiger partial charge on any atom is 0.419 e. The molecule has 2 atom stereocenters. The first-order valence-corrected chi connectivity index (χ1v) is 11.6. The van der Waals surface area contributed by atoms with E-state index in [2.05, 4.69) is 0 Å². The summed E-state index contributed by atoms with van der Waals surface area (Å²) in [6.07, 6.45) is -5.12. The molecule has 2 aromatic rings. The predicted octanol–water partition coefficient (Wildman–Crippen LogP) is 4.07. The molecule has 0 aromatic heterocycles. The van der Waals surface area contributed by atoms with E-state index in [0.717, 1.165) is 6.07 Å². The van der Waals surface area contributed by atoms with Gasteiger partial charge in [-0.25, -0.2) is 12.8 Å². The lowest BCUT2D eigenvalue weighted by Crippen LogP contribution is -2.58. The third-order valence-corrected chi connectivity index (χ3v) is 7.57. The Bertz CT molecular complexity index is 1160. The van der Waals surface area contributed by atoms with E-state index in [9.17, 15) is 30.8 Å². The molecule has 0 amide bonds. The van der Waals surface area contributed by atoms with Crippen molar-refractivity contribution >= 4 is 21.7 Å². The summed E-state index contributed by atoms with van der Waals surface area (Å²) in [4.78, 5) is 12.8. The highest BCUT2D eigenvalue weighted by Crippen LogP contribution is 2.35. The van der Waals surface area contributed by atoms with Gasteiger partial charge < -0.3 is 10.0 Å². The van der Waals surface area contributed by atoms with E-state index in [-0.39, 0.29) is 30.1 Å². The van der Waals surface area contributed by atoms with Crippen molar-refractivity contribution in [3.8, 4) is 0 Å². The number of carboxylic acids is 1. The number of nitrogens with zero attached hydrogens (tertiary/aromatic N) is 2. The standard InChI is InChI=1S/C22H24F4N2O4S/c1-13-4-6-18(8-16(13)9-21(29)30)33(31,32)27-11-14(2)28(15(3)12-27)17-5-7-19(20(23)10-17)22(24,25)26/h4-8,10,14-15H,9,11-12H2,1-3H3,(H,29,30). The molecule has 33 heavy (non-hydrogen) atoms. The summed E-state index contributed by atoms with van der Waals surface area (Å²) in [5.74, 6) is -2.47. The zero-order chi connectivity index (χ0) is 24.7. The third kappa shape index (κ3) is 5.14. The van der Waals surface area contributed by atoms with Gasteiger partial charge in [-0.3, -0.25) is 4.79 Å². The van der Waals surface area contributed by atoms with Crippen LogP contribution in [-0.2, 0) is 27.4 Å². The van der Waals surface area contributed by atoms with E-state index in [0.29, 0.717) is 17.2 Å². The second-order valence-electron chi connectivity index (χ2n) is 8.25. The van der Waals surface area contributed by atoms with Crippen LogP contribution in [0.15, 0.2) is 41.3 Å². The fourth-order valence-corrected chi connectivity index (χ4v) is 5.84. The van der Waals surface area contributed by atoms with E-state index in [1.165, 1.54) is 22.5 Å². The molecule has 1 fully saturated rings. The molecule has 1 saturated heterocycles. The van der Waals surface area contributed by atoms with Crippen molar-refractivity contribution < 1.29 is 35.9 Å². The molecule has 1 heterocycles. The summed E-state index contributed by atoms with van der Waals surface area (Å²) < 4.78 is 80.5. The summed E-state index contributed by atoms with van der Waals surface area (Å²) in [7, 11) is -3.95. The number of benzene rings is 2. The van der Waals surface area contributed by atoms with Gasteiger partial charge in [0.05, 0.1) is 16.9 Å². The average molecular weight is 489 g/mol. The summed E-state index contributed by atoms with van der Waals surface area (Å²) in [5, 5.41) is 9.07. The molecular formula is C22H24F4N2O4S. The largest absolute Gasteiger partial charge is 0.481 e. The Morgan fingerprint density at radius 2 is 1.70 bits per heavy atom. The lowest BCUT2D eigenvalue weighted by molar-refractivity contribution is -0.140. The molecule has 0 radical (unpaired) electrons. The number of carboxylic acid groups (broad SMARTS) is 1. The number of rotatable bonds is 5. The van der Waals surface area contributed by atoms with Gasteiger partial charge in [0.2, 0.25) is 10.0 Å². The first kappa shape index (κ1) is 25.0. The van der Waals surface area contributed by atoms with Crippen molar-refractivity contribution in [3.05, 3.63) is 58.9 Å². The molecule has 2 aromatic carbocycles. The van der Waals surface area contributed by atoms with Crippen molar-refractivity contribution in [2.24, 2.45) is 0 Å². The molecule has 0 spiro atoms. The van der Waals surface area contributed by atoms with Crippen LogP contribution in [0.1, 0.15) is 30.5 Å². The van der Waals surface area contributed by atoms with Gasteiger partial charge in [-0.15, -0.1) is 0 Å². The summed E-state index contributed by atoms with van der Waals surface area (Å²) in [6, 6.07) is 6.10. The molecular weight excluding hydrogens is 464 g/mol. The summed E-state index contributed by atoms with van der Waals surface area (Å²) in [6.45, 7) is 5.16. The number of aryl methyl sites for hydroxylation is 1. The Kier molecular flexibility index (Phi) is 6.77. The number of sulfonamides is 1. The van der Waals surface area contributed by atoms with Gasteiger partial charge in [0.15, 0.2) is 0 Å². The Morgan fingerprint density at radius 3 is 2.21 bits per heavy atom. The first-order chi connectivity index (χ1) is 15.2. The number of carbonyl (C=O) groups is 1. The zero-order valence-electron chi connectivity index (χ0n) is 18.2. The molecule has 1 aliphatic rings. The van der Waals surface area contributed by atoms with Crippen LogP contribution in [0.4, 0.5) is 23.2 Å². The Hall–Kier alpha value is -2.66. The van der Waals surface area contributed by atoms with E-state index < -0.39 is 45.6 Å². The van der Waals surface area contributed by atoms with Gasteiger partial charge in [0, 0.05) is 30.9 Å². The highest BCUT2D eigenvalue weighted by atomic mass is 32.2. The van der Waals surface area contributed by atoms with E-state index >= 15 is 0 Å². The lowest BCUT2D eigenvalue weighted by atomic mass is 10.1. The van der Waals surface area contributed by atoms with E-state index in [4.69, 9.17) is 5.11 Å². The zero-order valence-corrected chi connectivity index (χ0v) is 19.0. The highest BCUT2D eigenvalue weighted by Gasteiger charge is 2.38. The van der Waals surface area contributed by atoms with Crippen LogP contribution in [0.25, 0.3) is 0 Å². The number of halogens is 4. The van der Waals surface area contributed by atoms with Crippen LogP contribution >= 0.6 is 0 Å². The predicted molar refractivity (Wildman–Crippen MR) is 114 cm³/mol. The SMILES string of the molecule is Cc1ccc(S(=O)(=O)N2CC(C)N(c3ccc(C(F)(F)F)c(F)c3)C(C)C2)cc1CC(=O)O. The van der Waals surface area contributed by atoms with Crippen molar-refractivity contribution in [3.63, 3.8) is 0 Å². The number of piperazine rings is 1. The molecule has 180 valence electrons. The monoisotopic (exact) mass is 488 g/mol. The second-order valence-corrected chi connectivity index (χ2v) is 10.2. The van der Waals surface area contributed by atoms with Crippen molar-refractivity contribution in [2.45, 2.75) is 50.3 Å². The van der Waals surface area contributed by atoms with Crippen LogP contribution in [0.2, 0.25) is 0 Å². The van der Waals surface area contributed by atoms with Crippen LogP contribution in [0, 0.1) is 12.7 Å². The van der Waals surface area contributed by atoms with Crippen LogP contribution < -0.4 is 4.90 Å². The average Bonchev–Trinajstić information content (AvgIpc) is 2.67. The van der Waals surface area contributed by atoms with Gasteiger partial charge in [-0.2, -0.15) is 17.5 Å². The van der Waals surface area contributed by atoms with Crippen LogP contribution in [-0.4, -0.2) is 49.0 Å². The van der Waals surface area contributed by atoms with Gasteiger partial charge in [-0.1, -0.05) is 6.07 Å². The fourth-order valence-electron chi connectivity index (χ4n) is 4.18. The fraction of sp³-hybridized carbons (Fsp3) is 0.409. The molecule has 11 heteroatoms. The van der Waals surface area contributed by atoms with Crippen molar-refractivity contribution in [1.82, 2.24) is 4.31 Å². The normalized spacial score (nSPS) is 20.2. The van der Waals surface area contributed by atoms with E-state index in [1.807, 2.05) is 0 Å². The van der Waals surface area contributed by atoms with Gasteiger partial charge in [0.1, 0.15) is 5.82 Å². The molecule has 6 nitrogen and oxygen atoms in total. The number of hydrogen-bond donors (Lipinski definition) is 1. The number of anilines is 1. The number of hydrogen-bond acceptors (Lipinski definition) is 4. The van der Waals surface area contributed by atoms with E-state index in [1.54, 1.807) is 31.7 Å². The molecule has 1 aliphatic heterocycles. The summed E-state index contributed by atoms with van der Waals surface area (Å²) >= 11 is 0. The molecule has 0 bridgehead atoms. The van der Waals surface area contributed by atoms with Gasteiger partial charge in [-0.05, 0) is 62.2 Å². The van der Waals surface area contributed by atoms with Crippen molar-refractivity contribution in [1.29, 1.82) is 0 Å². The van der Waals surface area contributed by atoms with Gasteiger partial charge in [0.25, 0.3) is 0 Å². The Balaban J connectivity index is 1.87. The Labute approximate surface area is 189 Å². The lowest BCUT2D eigenvalue weighted by Gasteiger charge is -2.45. The minimum Gasteiger partial charge on any atom is -0.481 e. The topological polar surface area (TPSA) is 77.9 Å². The second kappa shape index (κ2) is 8.94. The minimum atomic E-state index is -4.81. The quantitative estimate of drug-likeness (QED) is 0.643. The molecule has 1 N–H and O–H groups in total. The maximum absolute atomic E-state index is 14.1. The van der Waals surface area contributed by atoms with Crippen molar-refractivity contribution in [2.75, 3.05) is 18.0 Å². The molecule has 0 aliphatic carbocycles. The summed E-state index contributed by atoms with van der Waals surface area (Å²) in [5.41, 5.74) is -0.0725. The first-order valence-electron chi connectivity index (χ1n) is 10.2. The number of alkyl halides is 3. The smallest absolute Gasteiger partial charge is 0.419 e. The van der Waals surface area contributed by atoms with Crippen LogP contribution in [0.5, 0.6) is 0 Å². The number of aliphatic carboxylic acids is 1. The maximum atomic E-state index is 14.1. The Morgan fingerprint density at radius 1 is 1.09 bits per heavy atom. The molecule has 0 saturated carbocycles.